The second-order valence-electron chi connectivity index (χ2n) is 3.27. The van der Waals surface area contributed by atoms with E-state index in [1.165, 1.54) is 6.20 Å². The van der Waals surface area contributed by atoms with Gasteiger partial charge in [0.25, 0.3) is 0 Å². The van der Waals surface area contributed by atoms with Crippen LogP contribution in [-0.4, -0.2) is 35.3 Å². The van der Waals surface area contributed by atoms with Gasteiger partial charge in [-0.15, -0.1) is 5.48 Å². The lowest BCUT2D eigenvalue weighted by atomic mass is 10.3. The smallest absolute Gasteiger partial charge is 0.358 e. The monoisotopic (exact) mass is 254 g/mol. The second kappa shape index (κ2) is 7.81. The van der Waals surface area contributed by atoms with E-state index in [2.05, 4.69) is 10.5 Å². The number of pyridine rings is 1. The van der Waals surface area contributed by atoms with Crippen LogP contribution in [0.25, 0.3) is 0 Å². The summed E-state index contributed by atoms with van der Waals surface area (Å²) in [6.45, 7) is 0. The number of hydrogen-bond donors (Lipinski definition) is 1. The number of nitrogens with zero attached hydrogens (tertiary/aromatic N) is 1. The Morgan fingerprint density at radius 3 is 3.12 bits per heavy atom. The first-order valence-corrected chi connectivity index (χ1v) is 6.48. The highest BCUT2D eigenvalue weighted by Gasteiger charge is 2.11. The maximum atomic E-state index is 11.5. The third kappa shape index (κ3) is 4.97. The van der Waals surface area contributed by atoms with Crippen LogP contribution in [0, 0.1) is 0 Å². The molecular weight excluding hydrogens is 240 g/mol. The van der Waals surface area contributed by atoms with Gasteiger partial charge in [0, 0.05) is 12.4 Å². The third-order valence-corrected chi connectivity index (χ3v) is 2.64. The predicted octanol–water partition coefficient (Wildman–Crippen LogP) is 1.06. The van der Waals surface area contributed by atoms with Crippen molar-refractivity contribution < 1.29 is 14.4 Å². The van der Waals surface area contributed by atoms with E-state index in [0.29, 0.717) is 12.0 Å². The first-order chi connectivity index (χ1) is 8.27. The summed E-state index contributed by atoms with van der Waals surface area (Å²) in [6, 6.07) is 2.76. The number of carbonyl (C=O) groups excluding carboxylic acids is 2. The van der Waals surface area contributed by atoms with Crippen LogP contribution in [0.2, 0.25) is 0 Å². The molecule has 0 aliphatic heterocycles. The van der Waals surface area contributed by atoms with Gasteiger partial charge in [-0.3, -0.25) is 4.98 Å². The van der Waals surface area contributed by atoms with Crippen LogP contribution in [0.4, 0.5) is 0 Å². The Bertz CT molecular complexity index is 359. The molecule has 0 radical (unpaired) electrons. The van der Waals surface area contributed by atoms with Crippen LogP contribution < -0.4 is 5.48 Å². The summed E-state index contributed by atoms with van der Waals surface area (Å²) in [4.78, 5) is 30.8. The molecule has 1 aromatic heterocycles. The van der Waals surface area contributed by atoms with E-state index in [1.807, 2.05) is 6.26 Å². The highest BCUT2D eigenvalue weighted by molar-refractivity contribution is 7.98. The lowest BCUT2D eigenvalue weighted by Gasteiger charge is -2.11. The average Bonchev–Trinajstić information content (AvgIpc) is 2.39. The molecule has 6 heteroatoms. The molecule has 0 aromatic carbocycles. The molecule has 0 aliphatic carbocycles. The molecular formula is C11H14N2O3S. The predicted molar refractivity (Wildman–Crippen MR) is 65.6 cm³/mol. The molecule has 1 atom stereocenters. The Labute approximate surface area is 104 Å². The van der Waals surface area contributed by atoms with Crippen LogP contribution in [0.15, 0.2) is 24.5 Å². The molecule has 0 saturated heterocycles. The van der Waals surface area contributed by atoms with Crippen LogP contribution in [0.3, 0.4) is 0 Å². The van der Waals surface area contributed by atoms with Crippen LogP contribution in [0.1, 0.15) is 16.8 Å². The van der Waals surface area contributed by atoms with Gasteiger partial charge in [-0.1, -0.05) is 0 Å². The second-order valence-corrected chi connectivity index (χ2v) is 4.26. The zero-order valence-electron chi connectivity index (χ0n) is 9.46. The number of hydrogen-bond acceptors (Lipinski definition) is 6. The molecule has 1 unspecified atom stereocenters. The minimum absolute atomic E-state index is 0.342. The van der Waals surface area contributed by atoms with Crippen molar-refractivity contribution >= 4 is 24.0 Å². The Hall–Kier alpha value is -1.40. The zero-order chi connectivity index (χ0) is 12.5. The lowest BCUT2D eigenvalue weighted by molar-refractivity contribution is -0.112. The van der Waals surface area contributed by atoms with Crippen molar-refractivity contribution in [2.45, 2.75) is 12.5 Å². The molecule has 1 aromatic rings. The number of aldehydes is 1. The topological polar surface area (TPSA) is 68.3 Å². The van der Waals surface area contributed by atoms with Crippen LogP contribution >= 0.6 is 11.8 Å². The molecule has 0 spiro atoms. The van der Waals surface area contributed by atoms with Crippen LogP contribution in [-0.2, 0) is 9.63 Å². The molecule has 17 heavy (non-hydrogen) atoms. The van der Waals surface area contributed by atoms with Gasteiger partial charge in [-0.05, 0) is 30.6 Å². The summed E-state index contributed by atoms with van der Waals surface area (Å²) in [5, 5.41) is 0. The van der Waals surface area contributed by atoms with E-state index in [0.717, 1.165) is 12.0 Å². The first kappa shape index (κ1) is 13.7. The van der Waals surface area contributed by atoms with Gasteiger partial charge >= 0.3 is 5.97 Å². The molecule has 1 rings (SSSR count). The maximum absolute atomic E-state index is 11.5. The van der Waals surface area contributed by atoms with E-state index in [9.17, 15) is 9.59 Å². The molecule has 0 amide bonds. The van der Waals surface area contributed by atoms with Gasteiger partial charge in [0.1, 0.15) is 6.29 Å². The van der Waals surface area contributed by atoms with Gasteiger partial charge < -0.3 is 9.63 Å². The first-order valence-electron chi connectivity index (χ1n) is 5.09. The molecule has 92 valence electrons. The van der Waals surface area contributed by atoms with Crippen molar-refractivity contribution in [2.24, 2.45) is 0 Å². The summed E-state index contributed by atoms with van der Waals surface area (Å²) in [5.74, 6) is 0.273. The van der Waals surface area contributed by atoms with E-state index in [4.69, 9.17) is 4.84 Å². The van der Waals surface area contributed by atoms with Crippen molar-refractivity contribution in [2.75, 3.05) is 12.0 Å². The average molecular weight is 254 g/mol. The van der Waals surface area contributed by atoms with E-state index < -0.39 is 12.0 Å². The minimum atomic E-state index is -0.547. The van der Waals surface area contributed by atoms with Gasteiger partial charge in [0.15, 0.2) is 0 Å². The van der Waals surface area contributed by atoms with Crippen molar-refractivity contribution in [1.82, 2.24) is 10.5 Å². The van der Waals surface area contributed by atoms with Crippen molar-refractivity contribution in [3.05, 3.63) is 30.1 Å². The molecule has 1 N–H and O–H groups in total. The third-order valence-electron chi connectivity index (χ3n) is 2.00. The van der Waals surface area contributed by atoms with E-state index in [-0.39, 0.29) is 0 Å². The largest absolute Gasteiger partial charge is 0.366 e. The molecule has 0 fully saturated rings. The van der Waals surface area contributed by atoms with Gasteiger partial charge in [0.05, 0.1) is 11.6 Å². The summed E-state index contributed by atoms with van der Waals surface area (Å²) in [5.41, 5.74) is 2.79. The molecule has 0 saturated carbocycles. The van der Waals surface area contributed by atoms with Crippen molar-refractivity contribution in [3.8, 4) is 0 Å². The fourth-order valence-electron chi connectivity index (χ4n) is 1.07. The summed E-state index contributed by atoms with van der Waals surface area (Å²) in [7, 11) is 0. The Kier molecular flexibility index (Phi) is 6.27. The molecule has 0 aliphatic rings. The van der Waals surface area contributed by atoms with Crippen LogP contribution in [0.5, 0.6) is 0 Å². The molecule has 5 nitrogen and oxygen atoms in total. The lowest BCUT2D eigenvalue weighted by Crippen LogP contribution is -2.33. The summed E-state index contributed by atoms with van der Waals surface area (Å²) in [6.07, 6.45) is 6.26. The SMILES string of the molecule is CSCCC(C=O)NOC(=O)c1cccnc1. The fourth-order valence-corrected chi connectivity index (χ4v) is 1.56. The number of aromatic nitrogens is 1. The number of rotatable bonds is 7. The van der Waals surface area contributed by atoms with Crippen molar-refractivity contribution in [1.29, 1.82) is 0 Å². The summed E-state index contributed by atoms with van der Waals surface area (Å²) >= 11 is 1.63. The Balaban J connectivity index is 2.39. The van der Waals surface area contributed by atoms with Gasteiger partial charge in [-0.2, -0.15) is 11.8 Å². The number of nitrogens with one attached hydrogen (secondary N) is 1. The summed E-state index contributed by atoms with van der Waals surface area (Å²) < 4.78 is 0. The van der Waals surface area contributed by atoms with E-state index >= 15 is 0 Å². The van der Waals surface area contributed by atoms with Crippen molar-refractivity contribution in [3.63, 3.8) is 0 Å². The highest BCUT2D eigenvalue weighted by Crippen LogP contribution is 2.01. The number of thioether (sulfide) groups is 1. The normalized spacial score (nSPS) is 11.8. The molecule has 0 bridgehead atoms. The highest BCUT2D eigenvalue weighted by atomic mass is 32.2. The molecule has 1 heterocycles. The Morgan fingerprint density at radius 1 is 1.71 bits per heavy atom. The minimum Gasteiger partial charge on any atom is -0.366 e. The Morgan fingerprint density at radius 2 is 2.53 bits per heavy atom. The standard InChI is InChI=1S/C11H14N2O3S/c1-17-6-4-10(8-14)13-16-11(15)9-3-2-5-12-7-9/h2-3,5,7-8,10,13H,4,6H2,1H3. The number of hydroxylamine groups is 1. The quantitative estimate of drug-likeness (QED) is 0.579. The van der Waals surface area contributed by atoms with Gasteiger partial charge in [-0.25, -0.2) is 4.79 Å². The zero-order valence-corrected chi connectivity index (χ0v) is 10.3. The van der Waals surface area contributed by atoms with E-state index in [1.54, 1.807) is 30.1 Å². The fraction of sp³-hybridized carbons (Fsp3) is 0.364. The number of carbonyl (C=O) groups is 2. The van der Waals surface area contributed by atoms with Gasteiger partial charge in [0.2, 0.25) is 0 Å². The maximum Gasteiger partial charge on any atom is 0.358 e.